The molecule has 0 N–H and O–H groups in total. The first kappa shape index (κ1) is 22.3. The highest BCUT2D eigenvalue weighted by atomic mass is 35.5. The molecule has 0 saturated carbocycles. The average Bonchev–Trinajstić information content (AvgIpc) is 3.06. The predicted molar refractivity (Wildman–Crippen MR) is 129 cm³/mol. The number of hydrogen-bond acceptors (Lipinski definition) is 5. The molecule has 1 heterocycles. The minimum absolute atomic E-state index is 0.269. The lowest BCUT2D eigenvalue weighted by molar-refractivity contribution is -0.113. The van der Waals surface area contributed by atoms with Crippen molar-refractivity contribution < 1.29 is 19.1 Å². The first-order valence-electron chi connectivity index (χ1n) is 9.54. The van der Waals surface area contributed by atoms with E-state index in [2.05, 4.69) is 0 Å². The van der Waals surface area contributed by atoms with Crippen LogP contribution >= 0.6 is 35.0 Å². The lowest BCUT2D eigenvalue weighted by atomic mass is 10.1. The SMILES string of the molecule is COc1cc(/C=C2/SC(=O)N(c3cccc(Cl)c3)C2=O)cc(Cl)c1OCc1ccccc1. The molecule has 0 spiro atoms. The molecule has 0 atom stereocenters. The summed E-state index contributed by atoms with van der Waals surface area (Å²) in [6.07, 6.45) is 1.60. The zero-order valence-electron chi connectivity index (χ0n) is 16.9. The molecule has 1 saturated heterocycles. The topological polar surface area (TPSA) is 55.8 Å². The molecule has 4 rings (SSSR count). The third-order valence-corrected chi connectivity index (χ3v) is 6.02. The molecule has 0 unspecified atom stereocenters. The Morgan fingerprint density at radius 2 is 1.78 bits per heavy atom. The van der Waals surface area contributed by atoms with E-state index >= 15 is 0 Å². The largest absolute Gasteiger partial charge is 0.493 e. The molecule has 1 aliphatic heterocycles. The summed E-state index contributed by atoms with van der Waals surface area (Å²) < 4.78 is 11.3. The third kappa shape index (κ3) is 4.78. The van der Waals surface area contributed by atoms with Gasteiger partial charge in [-0.15, -0.1) is 0 Å². The Bertz CT molecular complexity index is 1210. The zero-order valence-corrected chi connectivity index (χ0v) is 19.2. The third-order valence-electron chi connectivity index (χ3n) is 4.64. The second-order valence-corrected chi connectivity index (χ2v) is 8.64. The normalized spacial score (nSPS) is 14.8. The van der Waals surface area contributed by atoms with Crippen LogP contribution in [0.4, 0.5) is 10.5 Å². The molecule has 8 heteroatoms. The zero-order chi connectivity index (χ0) is 22.7. The van der Waals surface area contributed by atoms with E-state index in [4.69, 9.17) is 32.7 Å². The van der Waals surface area contributed by atoms with E-state index in [0.717, 1.165) is 22.2 Å². The fraction of sp³-hybridized carbons (Fsp3) is 0.0833. The van der Waals surface area contributed by atoms with Crippen molar-refractivity contribution in [3.63, 3.8) is 0 Å². The Balaban J connectivity index is 1.59. The molecule has 3 aromatic carbocycles. The van der Waals surface area contributed by atoms with E-state index in [1.54, 1.807) is 42.5 Å². The number of halogens is 2. The van der Waals surface area contributed by atoms with Gasteiger partial charge in [0.05, 0.1) is 22.7 Å². The summed E-state index contributed by atoms with van der Waals surface area (Å²) in [6, 6.07) is 19.6. The van der Waals surface area contributed by atoms with Crippen molar-refractivity contribution in [2.75, 3.05) is 12.0 Å². The van der Waals surface area contributed by atoms with E-state index in [1.807, 2.05) is 30.3 Å². The minimum atomic E-state index is -0.429. The van der Waals surface area contributed by atoms with Gasteiger partial charge >= 0.3 is 0 Å². The molecule has 3 aromatic rings. The molecular formula is C24H17Cl2NO4S. The Kier molecular flexibility index (Phi) is 6.74. The summed E-state index contributed by atoms with van der Waals surface area (Å²) in [6.45, 7) is 0.328. The van der Waals surface area contributed by atoms with Gasteiger partial charge in [-0.05, 0) is 59.3 Å². The Morgan fingerprint density at radius 1 is 1.00 bits per heavy atom. The Hall–Kier alpha value is -2.93. The summed E-state index contributed by atoms with van der Waals surface area (Å²) in [4.78, 5) is 26.7. The highest BCUT2D eigenvalue weighted by molar-refractivity contribution is 8.19. The van der Waals surface area contributed by atoms with Crippen LogP contribution in [0.5, 0.6) is 11.5 Å². The van der Waals surface area contributed by atoms with Gasteiger partial charge in [0.25, 0.3) is 11.1 Å². The van der Waals surface area contributed by atoms with Gasteiger partial charge in [0.1, 0.15) is 6.61 Å². The highest BCUT2D eigenvalue weighted by Crippen LogP contribution is 2.40. The van der Waals surface area contributed by atoms with Crippen LogP contribution in [0.2, 0.25) is 10.0 Å². The second kappa shape index (κ2) is 9.69. The Labute approximate surface area is 199 Å². The first-order chi connectivity index (χ1) is 15.5. The van der Waals surface area contributed by atoms with E-state index in [1.165, 1.54) is 7.11 Å². The van der Waals surface area contributed by atoms with Crippen molar-refractivity contribution in [2.24, 2.45) is 0 Å². The molecule has 0 radical (unpaired) electrons. The van der Waals surface area contributed by atoms with Crippen LogP contribution in [0.3, 0.4) is 0 Å². The molecule has 0 bridgehead atoms. The summed E-state index contributed by atoms with van der Waals surface area (Å²) in [5, 5.41) is 0.373. The maximum Gasteiger partial charge on any atom is 0.298 e. The number of methoxy groups -OCH3 is 1. The van der Waals surface area contributed by atoms with Crippen LogP contribution in [0.15, 0.2) is 71.6 Å². The van der Waals surface area contributed by atoms with Gasteiger partial charge in [-0.3, -0.25) is 9.59 Å². The van der Waals surface area contributed by atoms with Crippen molar-refractivity contribution in [1.29, 1.82) is 0 Å². The number of hydrogen-bond donors (Lipinski definition) is 0. The summed E-state index contributed by atoms with van der Waals surface area (Å²) >= 11 is 13.3. The smallest absolute Gasteiger partial charge is 0.298 e. The first-order valence-corrected chi connectivity index (χ1v) is 11.1. The fourth-order valence-electron chi connectivity index (χ4n) is 3.15. The van der Waals surface area contributed by atoms with Crippen molar-refractivity contribution >= 4 is 57.9 Å². The van der Waals surface area contributed by atoms with Gasteiger partial charge in [-0.1, -0.05) is 59.6 Å². The maximum absolute atomic E-state index is 12.9. The standard InChI is InChI=1S/C24H17Cl2NO4S/c1-30-20-11-16(10-19(26)22(20)31-14-15-6-3-2-4-7-15)12-21-23(28)27(24(29)32-21)18-9-5-8-17(25)13-18/h2-13H,14H2,1H3/b21-12+. The monoisotopic (exact) mass is 485 g/mol. The fourth-order valence-corrected chi connectivity index (χ4v) is 4.45. The van der Waals surface area contributed by atoms with Crippen LogP contribution in [0.25, 0.3) is 6.08 Å². The molecule has 2 amide bonds. The Morgan fingerprint density at radius 3 is 2.50 bits per heavy atom. The average molecular weight is 486 g/mol. The molecular weight excluding hydrogens is 469 g/mol. The number of thioether (sulfide) groups is 1. The number of carbonyl (C=O) groups excluding carboxylic acids is 2. The quantitative estimate of drug-likeness (QED) is 0.358. The van der Waals surface area contributed by atoms with Crippen molar-refractivity contribution in [1.82, 2.24) is 0 Å². The van der Waals surface area contributed by atoms with Crippen LogP contribution in [-0.2, 0) is 11.4 Å². The second-order valence-electron chi connectivity index (χ2n) is 6.81. The van der Waals surface area contributed by atoms with Gasteiger partial charge < -0.3 is 9.47 Å². The number of anilines is 1. The molecule has 1 aliphatic rings. The van der Waals surface area contributed by atoms with Crippen molar-refractivity contribution in [2.45, 2.75) is 6.61 Å². The van der Waals surface area contributed by atoms with Gasteiger partial charge in [0, 0.05) is 5.02 Å². The number of imide groups is 1. The highest BCUT2D eigenvalue weighted by Gasteiger charge is 2.36. The van der Waals surface area contributed by atoms with Gasteiger partial charge in [-0.2, -0.15) is 0 Å². The predicted octanol–water partition coefficient (Wildman–Crippen LogP) is 6.82. The van der Waals surface area contributed by atoms with Gasteiger partial charge in [-0.25, -0.2) is 4.90 Å². The molecule has 162 valence electrons. The van der Waals surface area contributed by atoms with E-state index in [9.17, 15) is 9.59 Å². The van der Waals surface area contributed by atoms with Crippen molar-refractivity contribution in [3.05, 3.63) is 92.8 Å². The number of ether oxygens (including phenoxy) is 2. The van der Waals surface area contributed by atoms with Crippen LogP contribution < -0.4 is 14.4 Å². The summed E-state index contributed by atoms with van der Waals surface area (Å²) in [5.74, 6) is 0.401. The van der Waals surface area contributed by atoms with Crippen LogP contribution in [-0.4, -0.2) is 18.3 Å². The van der Waals surface area contributed by atoms with E-state index < -0.39 is 11.1 Å². The van der Waals surface area contributed by atoms with Crippen LogP contribution in [0, 0.1) is 0 Å². The molecule has 0 aromatic heterocycles. The van der Waals surface area contributed by atoms with Gasteiger partial charge in [0.15, 0.2) is 11.5 Å². The summed E-state index contributed by atoms with van der Waals surface area (Å²) in [7, 11) is 1.51. The number of benzene rings is 3. The number of amides is 2. The van der Waals surface area contributed by atoms with E-state index in [0.29, 0.717) is 39.4 Å². The van der Waals surface area contributed by atoms with Crippen LogP contribution in [0.1, 0.15) is 11.1 Å². The summed E-state index contributed by atoms with van der Waals surface area (Å²) in [5.41, 5.74) is 2.02. The lowest BCUT2D eigenvalue weighted by Gasteiger charge is -2.14. The number of carbonyl (C=O) groups is 2. The van der Waals surface area contributed by atoms with Crippen molar-refractivity contribution in [3.8, 4) is 11.5 Å². The maximum atomic E-state index is 12.9. The molecule has 5 nitrogen and oxygen atoms in total. The minimum Gasteiger partial charge on any atom is -0.493 e. The van der Waals surface area contributed by atoms with E-state index in [-0.39, 0.29) is 4.91 Å². The lowest BCUT2D eigenvalue weighted by Crippen LogP contribution is -2.27. The molecule has 0 aliphatic carbocycles. The number of nitrogens with zero attached hydrogens (tertiary/aromatic N) is 1. The molecule has 32 heavy (non-hydrogen) atoms. The number of rotatable bonds is 6. The molecule has 1 fully saturated rings. The van der Waals surface area contributed by atoms with Gasteiger partial charge in [0.2, 0.25) is 0 Å².